The summed E-state index contributed by atoms with van der Waals surface area (Å²) in [5, 5.41) is 0.973. The maximum absolute atomic E-state index is 12.9. The first-order valence-electron chi connectivity index (χ1n) is 7.34. The Bertz CT molecular complexity index is 635. The molecule has 1 aromatic carbocycles. The van der Waals surface area contributed by atoms with Gasteiger partial charge in [0.1, 0.15) is 5.75 Å². The molecule has 106 valence electrons. The Labute approximate surface area is 119 Å². The van der Waals surface area contributed by atoms with Gasteiger partial charge in [0.15, 0.2) is 5.78 Å². The van der Waals surface area contributed by atoms with Crippen molar-refractivity contribution in [1.82, 2.24) is 4.98 Å². The number of hydrogen-bond donors (Lipinski definition) is 1. The number of aromatic amines is 1. The average Bonchev–Trinajstić information content (AvgIpc) is 2.89. The molecule has 1 fully saturated rings. The number of ketones is 1. The largest absolute Gasteiger partial charge is 0.497 e. The molecule has 3 rings (SSSR count). The number of rotatable bonds is 3. The Morgan fingerprint density at radius 2 is 2.00 bits per heavy atom. The minimum atomic E-state index is -0.198. The number of nitrogens with one attached hydrogen (secondary N) is 1. The number of hydrogen-bond acceptors (Lipinski definition) is 2. The van der Waals surface area contributed by atoms with E-state index in [0.717, 1.165) is 47.9 Å². The van der Waals surface area contributed by atoms with Crippen molar-refractivity contribution in [2.24, 2.45) is 5.41 Å². The smallest absolute Gasteiger partial charge is 0.170 e. The Hall–Kier alpha value is -1.77. The molecule has 1 aliphatic carbocycles. The van der Waals surface area contributed by atoms with Crippen molar-refractivity contribution >= 4 is 16.7 Å². The number of Topliss-reactive ketones (excluding diaryl/α,β-unsaturated/α-hetero) is 1. The van der Waals surface area contributed by atoms with Gasteiger partial charge in [-0.1, -0.05) is 26.2 Å². The molecule has 0 radical (unpaired) electrons. The van der Waals surface area contributed by atoms with Crippen molar-refractivity contribution in [3.05, 3.63) is 30.0 Å². The fourth-order valence-corrected chi connectivity index (χ4v) is 3.30. The highest BCUT2D eigenvalue weighted by Crippen LogP contribution is 2.40. The van der Waals surface area contributed by atoms with Crippen LogP contribution in [0.4, 0.5) is 0 Å². The second kappa shape index (κ2) is 4.97. The van der Waals surface area contributed by atoms with Gasteiger partial charge in [-0.05, 0) is 31.0 Å². The number of carbonyl (C=O) groups is 1. The predicted molar refractivity (Wildman–Crippen MR) is 80.4 cm³/mol. The van der Waals surface area contributed by atoms with Crippen LogP contribution in [0.1, 0.15) is 49.4 Å². The van der Waals surface area contributed by atoms with Crippen LogP contribution in [-0.2, 0) is 0 Å². The van der Waals surface area contributed by atoms with Crippen molar-refractivity contribution < 1.29 is 9.53 Å². The standard InChI is InChI=1S/C17H21NO2/c1-17(8-4-3-5-9-17)16(19)14-11-18-15-7-6-12(20-2)10-13(14)15/h6-7,10-11,18H,3-5,8-9H2,1-2H3. The minimum absolute atomic E-state index is 0.198. The molecule has 1 aromatic heterocycles. The summed E-state index contributed by atoms with van der Waals surface area (Å²) in [5.74, 6) is 1.07. The van der Waals surface area contributed by atoms with Gasteiger partial charge in [0.25, 0.3) is 0 Å². The molecule has 1 heterocycles. The fraction of sp³-hybridized carbons (Fsp3) is 0.471. The van der Waals surface area contributed by atoms with E-state index in [9.17, 15) is 4.79 Å². The minimum Gasteiger partial charge on any atom is -0.497 e. The predicted octanol–water partition coefficient (Wildman–Crippen LogP) is 4.33. The lowest BCUT2D eigenvalue weighted by molar-refractivity contribution is 0.0751. The summed E-state index contributed by atoms with van der Waals surface area (Å²) >= 11 is 0. The summed E-state index contributed by atoms with van der Waals surface area (Å²) in [6, 6.07) is 5.83. The molecular formula is C17H21NO2. The second-order valence-corrected chi connectivity index (χ2v) is 6.06. The zero-order valence-corrected chi connectivity index (χ0v) is 12.2. The van der Waals surface area contributed by atoms with E-state index in [-0.39, 0.29) is 11.2 Å². The van der Waals surface area contributed by atoms with E-state index in [2.05, 4.69) is 11.9 Å². The third kappa shape index (κ3) is 2.11. The number of benzene rings is 1. The number of ether oxygens (including phenoxy) is 1. The Morgan fingerprint density at radius 1 is 1.25 bits per heavy atom. The van der Waals surface area contributed by atoms with Gasteiger partial charge in [0.05, 0.1) is 7.11 Å². The van der Waals surface area contributed by atoms with E-state index in [1.807, 2.05) is 24.4 Å². The summed E-state index contributed by atoms with van der Waals surface area (Å²) in [6.45, 7) is 2.12. The molecule has 2 aromatic rings. The van der Waals surface area contributed by atoms with Gasteiger partial charge in [-0.15, -0.1) is 0 Å². The third-order valence-electron chi connectivity index (χ3n) is 4.64. The van der Waals surface area contributed by atoms with Crippen LogP contribution in [0.5, 0.6) is 5.75 Å². The number of H-pyrrole nitrogens is 1. The fourth-order valence-electron chi connectivity index (χ4n) is 3.30. The highest BCUT2D eigenvalue weighted by Gasteiger charge is 2.36. The lowest BCUT2D eigenvalue weighted by Crippen LogP contribution is -2.30. The first-order valence-corrected chi connectivity index (χ1v) is 7.34. The lowest BCUT2D eigenvalue weighted by atomic mass is 9.71. The normalized spacial score (nSPS) is 18.1. The number of aromatic nitrogens is 1. The number of carbonyl (C=O) groups excluding carboxylic acids is 1. The van der Waals surface area contributed by atoms with Gasteiger partial charge >= 0.3 is 0 Å². The molecule has 1 aliphatic rings. The molecule has 1 saturated carbocycles. The number of fused-ring (bicyclic) bond motifs is 1. The molecule has 1 N–H and O–H groups in total. The third-order valence-corrected chi connectivity index (χ3v) is 4.64. The monoisotopic (exact) mass is 271 g/mol. The maximum Gasteiger partial charge on any atom is 0.170 e. The zero-order chi connectivity index (χ0) is 14.2. The zero-order valence-electron chi connectivity index (χ0n) is 12.2. The molecule has 0 atom stereocenters. The molecule has 3 nitrogen and oxygen atoms in total. The van der Waals surface area contributed by atoms with Crippen molar-refractivity contribution in [3.63, 3.8) is 0 Å². The molecule has 0 unspecified atom stereocenters. The second-order valence-electron chi connectivity index (χ2n) is 6.06. The topological polar surface area (TPSA) is 42.1 Å². The van der Waals surface area contributed by atoms with Gasteiger partial charge in [-0.2, -0.15) is 0 Å². The molecule has 0 amide bonds. The highest BCUT2D eigenvalue weighted by molar-refractivity contribution is 6.10. The molecule has 0 bridgehead atoms. The highest BCUT2D eigenvalue weighted by atomic mass is 16.5. The van der Waals surface area contributed by atoms with Crippen LogP contribution in [-0.4, -0.2) is 17.9 Å². The molecule has 3 heteroatoms. The van der Waals surface area contributed by atoms with E-state index in [1.54, 1.807) is 7.11 Å². The summed E-state index contributed by atoms with van der Waals surface area (Å²) < 4.78 is 5.27. The lowest BCUT2D eigenvalue weighted by Gasteiger charge is -2.31. The number of methoxy groups -OCH3 is 1. The maximum atomic E-state index is 12.9. The first kappa shape index (κ1) is 13.2. The van der Waals surface area contributed by atoms with Crippen molar-refractivity contribution in [3.8, 4) is 5.75 Å². The Kier molecular flexibility index (Phi) is 3.28. The Balaban J connectivity index is 2.02. The summed E-state index contributed by atoms with van der Waals surface area (Å²) in [5.41, 5.74) is 1.60. The molecular weight excluding hydrogens is 250 g/mol. The molecule has 0 spiro atoms. The molecule has 0 aliphatic heterocycles. The van der Waals surface area contributed by atoms with Gasteiger partial charge in [-0.25, -0.2) is 0 Å². The summed E-state index contributed by atoms with van der Waals surface area (Å²) in [6.07, 6.45) is 7.43. The summed E-state index contributed by atoms with van der Waals surface area (Å²) in [7, 11) is 1.65. The van der Waals surface area contributed by atoms with Gasteiger partial charge in [0, 0.05) is 28.1 Å². The van der Waals surface area contributed by atoms with E-state index in [0.29, 0.717) is 0 Å². The van der Waals surface area contributed by atoms with E-state index in [1.165, 1.54) is 6.42 Å². The van der Waals surface area contributed by atoms with Gasteiger partial charge in [0.2, 0.25) is 0 Å². The van der Waals surface area contributed by atoms with Crippen LogP contribution in [0.15, 0.2) is 24.4 Å². The van der Waals surface area contributed by atoms with Crippen LogP contribution in [0, 0.1) is 5.41 Å². The van der Waals surface area contributed by atoms with Gasteiger partial charge in [-0.3, -0.25) is 4.79 Å². The molecule has 20 heavy (non-hydrogen) atoms. The van der Waals surface area contributed by atoms with E-state index in [4.69, 9.17) is 4.74 Å². The van der Waals surface area contributed by atoms with Crippen LogP contribution in [0.25, 0.3) is 10.9 Å². The van der Waals surface area contributed by atoms with Crippen LogP contribution < -0.4 is 4.74 Å². The van der Waals surface area contributed by atoms with Crippen molar-refractivity contribution in [1.29, 1.82) is 0 Å². The average molecular weight is 271 g/mol. The van der Waals surface area contributed by atoms with Gasteiger partial charge < -0.3 is 9.72 Å². The SMILES string of the molecule is COc1ccc2[nH]cc(C(=O)C3(C)CCCCC3)c2c1. The van der Waals surface area contributed by atoms with E-state index >= 15 is 0 Å². The summed E-state index contributed by atoms with van der Waals surface area (Å²) in [4.78, 5) is 16.1. The quantitative estimate of drug-likeness (QED) is 0.844. The first-order chi connectivity index (χ1) is 9.64. The van der Waals surface area contributed by atoms with Crippen LogP contribution in [0.3, 0.4) is 0 Å². The van der Waals surface area contributed by atoms with Crippen LogP contribution >= 0.6 is 0 Å². The van der Waals surface area contributed by atoms with Crippen LogP contribution in [0.2, 0.25) is 0 Å². The van der Waals surface area contributed by atoms with Crippen molar-refractivity contribution in [2.75, 3.05) is 7.11 Å². The van der Waals surface area contributed by atoms with E-state index < -0.39 is 0 Å². The Morgan fingerprint density at radius 3 is 2.70 bits per heavy atom. The van der Waals surface area contributed by atoms with Crippen molar-refractivity contribution in [2.45, 2.75) is 39.0 Å². The molecule has 0 saturated heterocycles.